The highest BCUT2D eigenvalue weighted by Gasteiger charge is 2.37. The van der Waals surface area contributed by atoms with E-state index in [1.807, 2.05) is 19.1 Å². The van der Waals surface area contributed by atoms with Gasteiger partial charge in [0.15, 0.2) is 6.61 Å². The fourth-order valence-corrected chi connectivity index (χ4v) is 3.10. The molecule has 4 nitrogen and oxygen atoms in total. The highest BCUT2D eigenvalue weighted by molar-refractivity contribution is 5.78. The first-order valence-corrected chi connectivity index (χ1v) is 8.06. The van der Waals surface area contributed by atoms with Gasteiger partial charge in [-0.25, -0.2) is 8.78 Å². The number of rotatable bonds is 4. The second kappa shape index (κ2) is 7.19. The minimum atomic E-state index is -0.782. The second-order valence-corrected chi connectivity index (χ2v) is 6.17. The average Bonchev–Trinajstić information content (AvgIpc) is 2.98. The maximum Gasteiger partial charge on any atom is 0.261 e. The molecule has 2 unspecified atom stereocenters. The van der Waals surface area contributed by atoms with E-state index in [4.69, 9.17) is 4.74 Å². The summed E-state index contributed by atoms with van der Waals surface area (Å²) in [6.45, 7) is 1.70. The zero-order chi connectivity index (χ0) is 18.0. The van der Waals surface area contributed by atoms with Gasteiger partial charge in [-0.1, -0.05) is 18.2 Å². The number of hydrogen-bond acceptors (Lipinski definition) is 3. The molecule has 0 aliphatic carbocycles. The molecule has 0 aromatic heterocycles. The Balaban J connectivity index is 1.76. The van der Waals surface area contributed by atoms with E-state index < -0.39 is 23.8 Å². The summed E-state index contributed by atoms with van der Waals surface area (Å²) in [4.78, 5) is 13.9. The number of para-hydroxylation sites is 1. The topological polar surface area (TPSA) is 49.8 Å². The Morgan fingerprint density at radius 1 is 1.28 bits per heavy atom. The van der Waals surface area contributed by atoms with Crippen LogP contribution in [-0.4, -0.2) is 35.2 Å². The molecule has 1 saturated heterocycles. The summed E-state index contributed by atoms with van der Waals surface area (Å²) in [5, 5.41) is 9.92. The van der Waals surface area contributed by atoms with Gasteiger partial charge in [0, 0.05) is 12.1 Å². The van der Waals surface area contributed by atoms with Crippen LogP contribution in [0.1, 0.15) is 23.6 Å². The molecule has 1 N–H and O–H groups in total. The average molecular weight is 347 g/mol. The zero-order valence-corrected chi connectivity index (χ0v) is 13.8. The first-order valence-electron chi connectivity index (χ1n) is 8.06. The smallest absolute Gasteiger partial charge is 0.261 e. The molecule has 2 aromatic rings. The molecule has 1 amide bonds. The molecule has 0 spiro atoms. The number of aliphatic hydroxyl groups is 1. The predicted molar refractivity (Wildman–Crippen MR) is 88.1 cm³/mol. The minimum absolute atomic E-state index is 0.0661. The molecule has 0 bridgehead atoms. The van der Waals surface area contributed by atoms with Crippen LogP contribution in [0, 0.1) is 18.6 Å². The lowest BCUT2D eigenvalue weighted by molar-refractivity contribution is -0.134. The van der Waals surface area contributed by atoms with Crippen molar-refractivity contribution in [2.75, 3.05) is 13.2 Å². The number of carbonyl (C=O) groups excluding carboxylic acids is 1. The van der Waals surface area contributed by atoms with Gasteiger partial charge in [0.05, 0.1) is 12.1 Å². The summed E-state index contributed by atoms with van der Waals surface area (Å²) in [6.07, 6.45) is -0.619. The maximum absolute atomic E-state index is 14.1. The lowest BCUT2D eigenvalue weighted by Gasteiger charge is -2.25. The standard InChI is InChI=1S/C19H19F2NO3/c1-12-4-2-3-5-18(12)25-11-19(24)22-10-14(23)9-17(22)15-8-13(20)6-7-16(15)21/h2-8,14,17,23H,9-11H2,1H3. The Labute approximate surface area is 144 Å². The van der Waals surface area contributed by atoms with E-state index in [9.17, 15) is 18.7 Å². The van der Waals surface area contributed by atoms with Gasteiger partial charge >= 0.3 is 0 Å². The van der Waals surface area contributed by atoms with Gasteiger partial charge in [0.1, 0.15) is 17.4 Å². The molecule has 0 saturated carbocycles. The van der Waals surface area contributed by atoms with Crippen molar-refractivity contribution in [2.45, 2.75) is 25.5 Å². The van der Waals surface area contributed by atoms with E-state index in [0.29, 0.717) is 5.75 Å². The summed E-state index contributed by atoms with van der Waals surface area (Å²) < 4.78 is 33.1. The van der Waals surface area contributed by atoms with Gasteiger partial charge in [-0.2, -0.15) is 0 Å². The van der Waals surface area contributed by atoms with Crippen LogP contribution in [0.4, 0.5) is 8.78 Å². The van der Waals surface area contributed by atoms with Crippen molar-refractivity contribution in [2.24, 2.45) is 0 Å². The van der Waals surface area contributed by atoms with Crippen LogP contribution in [0.3, 0.4) is 0 Å². The molecule has 1 aliphatic rings. The van der Waals surface area contributed by atoms with Gasteiger partial charge in [-0.3, -0.25) is 4.79 Å². The fourth-order valence-electron chi connectivity index (χ4n) is 3.10. The second-order valence-electron chi connectivity index (χ2n) is 6.17. The number of halogens is 2. The van der Waals surface area contributed by atoms with Crippen molar-refractivity contribution in [1.82, 2.24) is 4.90 Å². The van der Waals surface area contributed by atoms with Crippen LogP contribution in [0.2, 0.25) is 0 Å². The third kappa shape index (κ3) is 3.79. The molecule has 3 rings (SSSR count). The molecule has 25 heavy (non-hydrogen) atoms. The summed E-state index contributed by atoms with van der Waals surface area (Å²) in [7, 11) is 0. The molecule has 0 radical (unpaired) electrons. The van der Waals surface area contributed by atoms with Crippen LogP contribution in [-0.2, 0) is 4.79 Å². The van der Waals surface area contributed by atoms with Crippen molar-refractivity contribution < 1.29 is 23.4 Å². The van der Waals surface area contributed by atoms with E-state index in [-0.39, 0.29) is 31.0 Å². The summed E-state index contributed by atoms with van der Waals surface area (Å²) in [5.74, 6) is -0.975. The van der Waals surface area contributed by atoms with Crippen LogP contribution < -0.4 is 4.74 Å². The number of β-amino-alcohol motifs (C(OH)–C–C–N with tert-alkyl or cyclic N) is 1. The molecule has 1 fully saturated rings. The Kier molecular flexibility index (Phi) is 4.99. The lowest BCUT2D eigenvalue weighted by Crippen LogP contribution is -2.35. The van der Waals surface area contributed by atoms with Crippen LogP contribution in [0.5, 0.6) is 5.75 Å². The Morgan fingerprint density at radius 2 is 2.04 bits per heavy atom. The summed E-state index contributed by atoms with van der Waals surface area (Å²) in [6, 6.07) is 9.70. The highest BCUT2D eigenvalue weighted by Crippen LogP contribution is 2.34. The maximum atomic E-state index is 14.1. The van der Waals surface area contributed by atoms with Gasteiger partial charge in [0.25, 0.3) is 5.91 Å². The molecule has 132 valence electrons. The SMILES string of the molecule is Cc1ccccc1OCC(=O)N1CC(O)CC1c1cc(F)ccc1F. The summed E-state index contributed by atoms with van der Waals surface area (Å²) in [5.41, 5.74) is 0.963. The molecule has 1 aliphatic heterocycles. The van der Waals surface area contributed by atoms with Crippen LogP contribution >= 0.6 is 0 Å². The number of benzene rings is 2. The fraction of sp³-hybridized carbons (Fsp3) is 0.316. The van der Waals surface area contributed by atoms with Gasteiger partial charge < -0.3 is 14.7 Å². The summed E-state index contributed by atoms with van der Waals surface area (Å²) >= 11 is 0. The number of hydrogen-bond donors (Lipinski definition) is 1. The number of carbonyl (C=O) groups is 1. The van der Waals surface area contributed by atoms with E-state index in [2.05, 4.69) is 0 Å². The van der Waals surface area contributed by atoms with Gasteiger partial charge in [-0.05, 0) is 43.2 Å². The van der Waals surface area contributed by atoms with E-state index >= 15 is 0 Å². The third-order valence-corrected chi connectivity index (χ3v) is 4.36. The van der Waals surface area contributed by atoms with Crippen LogP contribution in [0.25, 0.3) is 0 Å². The number of aryl methyl sites for hydroxylation is 1. The lowest BCUT2D eigenvalue weighted by atomic mass is 10.0. The highest BCUT2D eigenvalue weighted by atomic mass is 19.1. The zero-order valence-electron chi connectivity index (χ0n) is 13.8. The van der Waals surface area contributed by atoms with Crippen molar-refractivity contribution >= 4 is 5.91 Å². The number of amides is 1. The van der Waals surface area contributed by atoms with Gasteiger partial charge in [0.2, 0.25) is 0 Å². The number of ether oxygens (including phenoxy) is 1. The molecule has 1 heterocycles. The molecule has 2 aromatic carbocycles. The van der Waals surface area contributed by atoms with Gasteiger partial charge in [-0.15, -0.1) is 0 Å². The van der Waals surface area contributed by atoms with E-state index in [1.54, 1.807) is 12.1 Å². The van der Waals surface area contributed by atoms with Crippen molar-refractivity contribution in [1.29, 1.82) is 0 Å². The molecular weight excluding hydrogens is 328 g/mol. The molecular formula is C19H19F2NO3. The van der Waals surface area contributed by atoms with Crippen molar-refractivity contribution in [3.63, 3.8) is 0 Å². The monoisotopic (exact) mass is 347 g/mol. The van der Waals surface area contributed by atoms with Crippen molar-refractivity contribution in [3.05, 3.63) is 65.2 Å². The normalized spacial score (nSPS) is 19.9. The number of likely N-dealkylation sites (tertiary alicyclic amines) is 1. The first kappa shape index (κ1) is 17.4. The first-order chi connectivity index (χ1) is 12.0. The number of nitrogens with zero attached hydrogens (tertiary/aromatic N) is 1. The van der Waals surface area contributed by atoms with E-state index in [0.717, 1.165) is 23.8 Å². The quantitative estimate of drug-likeness (QED) is 0.925. The Hall–Kier alpha value is -2.47. The Bertz CT molecular complexity index is 781. The number of aliphatic hydroxyl groups excluding tert-OH is 1. The van der Waals surface area contributed by atoms with Crippen molar-refractivity contribution in [3.8, 4) is 5.75 Å². The molecule has 6 heteroatoms. The van der Waals surface area contributed by atoms with Crippen LogP contribution in [0.15, 0.2) is 42.5 Å². The predicted octanol–water partition coefficient (Wildman–Crippen LogP) is 2.99. The Morgan fingerprint density at radius 3 is 2.80 bits per heavy atom. The van der Waals surface area contributed by atoms with E-state index in [1.165, 1.54) is 4.90 Å². The minimum Gasteiger partial charge on any atom is -0.484 e. The molecule has 2 atom stereocenters. The largest absolute Gasteiger partial charge is 0.484 e. The third-order valence-electron chi connectivity index (χ3n) is 4.36.